The van der Waals surface area contributed by atoms with Gasteiger partial charge in [-0.2, -0.15) is 0 Å². The molecule has 0 unspecified atom stereocenters. The lowest BCUT2D eigenvalue weighted by Crippen LogP contribution is -2.01. The number of furan rings is 1. The molecular formula is C12H10ClF2NO. The van der Waals surface area contributed by atoms with Gasteiger partial charge in [-0.25, -0.2) is 8.78 Å². The van der Waals surface area contributed by atoms with Crippen LogP contribution in [0.15, 0.2) is 28.7 Å². The highest BCUT2D eigenvalue weighted by molar-refractivity contribution is 6.28. The van der Waals surface area contributed by atoms with E-state index in [1.807, 2.05) is 0 Å². The molecule has 0 amide bonds. The first-order valence-electron chi connectivity index (χ1n) is 5.00. The molecule has 0 spiro atoms. The summed E-state index contributed by atoms with van der Waals surface area (Å²) in [6, 6.07) is 5.52. The van der Waals surface area contributed by atoms with Crippen LogP contribution < -0.4 is 5.32 Å². The molecule has 0 bridgehead atoms. The van der Waals surface area contributed by atoms with E-state index < -0.39 is 11.6 Å². The van der Waals surface area contributed by atoms with Crippen LogP contribution in [0, 0.1) is 18.6 Å². The van der Waals surface area contributed by atoms with E-state index in [4.69, 9.17) is 16.0 Å². The lowest BCUT2D eigenvalue weighted by atomic mass is 10.2. The van der Waals surface area contributed by atoms with Crippen molar-refractivity contribution in [2.45, 2.75) is 13.5 Å². The Morgan fingerprint density at radius 2 is 2.00 bits per heavy atom. The van der Waals surface area contributed by atoms with Crippen LogP contribution in [-0.2, 0) is 6.54 Å². The molecule has 0 fully saturated rings. The highest BCUT2D eigenvalue weighted by Gasteiger charge is 2.07. The molecule has 90 valence electrons. The molecule has 17 heavy (non-hydrogen) atoms. The fourth-order valence-electron chi connectivity index (χ4n) is 1.41. The van der Waals surface area contributed by atoms with E-state index in [0.29, 0.717) is 5.76 Å². The lowest BCUT2D eigenvalue weighted by Gasteiger charge is -2.07. The van der Waals surface area contributed by atoms with Gasteiger partial charge in [0.2, 0.25) is 0 Å². The summed E-state index contributed by atoms with van der Waals surface area (Å²) in [5.74, 6) is -0.400. The summed E-state index contributed by atoms with van der Waals surface area (Å²) in [7, 11) is 0. The number of rotatable bonds is 3. The molecule has 1 heterocycles. The van der Waals surface area contributed by atoms with E-state index in [1.54, 1.807) is 12.1 Å². The molecule has 0 atom stereocenters. The summed E-state index contributed by atoms with van der Waals surface area (Å²) < 4.78 is 31.8. The van der Waals surface area contributed by atoms with Crippen LogP contribution in [0.25, 0.3) is 0 Å². The fraction of sp³-hybridized carbons (Fsp3) is 0.167. The van der Waals surface area contributed by atoms with Crippen molar-refractivity contribution in [1.82, 2.24) is 0 Å². The third-order valence-corrected chi connectivity index (χ3v) is 2.53. The van der Waals surface area contributed by atoms with E-state index in [2.05, 4.69) is 5.32 Å². The molecule has 0 aliphatic carbocycles. The number of halogens is 3. The minimum absolute atomic E-state index is 0.0978. The van der Waals surface area contributed by atoms with Gasteiger partial charge in [-0.15, -0.1) is 0 Å². The molecule has 0 saturated heterocycles. The molecule has 0 saturated carbocycles. The zero-order valence-electron chi connectivity index (χ0n) is 9.06. The van der Waals surface area contributed by atoms with E-state index in [0.717, 1.165) is 12.1 Å². The summed E-state index contributed by atoms with van der Waals surface area (Å²) in [5.41, 5.74) is 0.370. The summed E-state index contributed by atoms with van der Waals surface area (Å²) in [6.45, 7) is 1.75. The molecule has 1 aromatic carbocycles. The molecule has 2 nitrogen and oxygen atoms in total. The minimum Gasteiger partial charge on any atom is -0.448 e. The van der Waals surface area contributed by atoms with Gasteiger partial charge in [0.05, 0.1) is 12.2 Å². The SMILES string of the molecule is Cc1cc(F)c(NCc2ccc(Cl)o2)cc1F. The zero-order valence-corrected chi connectivity index (χ0v) is 9.81. The maximum Gasteiger partial charge on any atom is 0.193 e. The van der Waals surface area contributed by atoms with Gasteiger partial charge in [0.1, 0.15) is 17.4 Å². The molecule has 2 rings (SSSR count). The number of benzene rings is 1. The standard InChI is InChI=1S/C12H10ClF2NO/c1-7-4-10(15)11(5-9(7)14)16-6-8-2-3-12(13)17-8/h2-5,16H,6H2,1H3. The molecule has 2 aromatic rings. The first-order valence-corrected chi connectivity index (χ1v) is 5.38. The Bertz CT molecular complexity index is 539. The average Bonchev–Trinajstić information content (AvgIpc) is 2.68. The molecule has 5 heteroatoms. The third-order valence-electron chi connectivity index (χ3n) is 2.33. The molecule has 0 radical (unpaired) electrons. The van der Waals surface area contributed by atoms with Crippen molar-refractivity contribution in [3.63, 3.8) is 0 Å². The highest BCUT2D eigenvalue weighted by Crippen LogP contribution is 2.20. The van der Waals surface area contributed by atoms with Gasteiger partial charge in [0.25, 0.3) is 0 Å². The highest BCUT2D eigenvalue weighted by atomic mass is 35.5. The van der Waals surface area contributed by atoms with Gasteiger partial charge >= 0.3 is 0 Å². The van der Waals surface area contributed by atoms with Crippen LogP contribution in [0.3, 0.4) is 0 Å². The van der Waals surface area contributed by atoms with Crippen molar-refractivity contribution in [3.05, 3.63) is 52.4 Å². The van der Waals surface area contributed by atoms with Crippen LogP contribution in [-0.4, -0.2) is 0 Å². The Kier molecular flexibility index (Phi) is 3.33. The quantitative estimate of drug-likeness (QED) is 0.894. The van der Waals surface area contributed by atoms with Gasteiger partial charge in [0.15, 0.2) is 5.22 Å². The van der Waals surface area contributed by atoms with Gasteiger partial charge < -0.3 is 9.73 Å². The van der Waals surface area contributed by atoms with E-state index in [-0.39, 0.29) is 23.0 Å². The van der Waals surface area contributed by atoms with Gasteiger partial charge in [-0.1, -0.05) is 0 Å². The number of anilines is 1. The lowest BCUT2D eigenvalue weighted by molar-refractivity contribution is 0.519. The molecular weight excluding hydrogens is 248 g/mol. The number of aryl methyl sites for hydroxylation is 1. The second kappa shape index (κ2) is 4.75. The normalized spacial score (nSPS) is 10.6. The topological polar surface area (TPSA) is 25.2 Å². The maximum absolute atomic E-state index is 13.5. The van der Waals surface area contributed by atoms with E-state index in [1.165, 1.54) is 6.92 Å². The first kappa shape index (κ1) is 11.9. The maximum atomic E-state index is 13.5. The van der Waals surface area contributed by atoms with Crippen LogP contribution in [0.2, 0.25) is 5.22 Å². The van der Waals surface area contributed by atoms with Crippen LogP contribution in [0.4, 0.5) is 14.5 Å². The van der Waals surface area contributed by atoms with Crippen molar-refractivity contribution >= 4 is 17.3 Å². The van der Waals surface area contributed by atoms with Crippen LogP contribution in [0.1, 0.15) is 11.3 Å². The van der Waals surface area contributed by atoms with Crippen molar-refractivity contribution in [3.8, 4) is 0 Å². The Labute approximate surface area is 102 Å². The Morgan fingerprint density at radius 3 is 2.65 bits per heavy atom. The Hall–Kier alpha value is -1.55. The van der Waals surface area contributed by atoms with Crippen molar-refractivity contribution < 1.29 is 13.2 Å². The van der Waals surface area contributed by atoms with Crippen LogP contribution in [0.5, 0.6) is 0 Å². The predicted molar refractivity (Wildman–Crippen MR) is 62.1 cm³/mol. The van der Waals surface area contributed by atoms with Gasteiger partial charge in [-0.3, -0.25) is 0 Å². The summed E-state index contributed by atoms with van der Waals surface area (Å²) in [5, 5.41) is 3.00. The predicted octanol–water partition coefficient (Wildman–Crippen LogP) is 4.13. The fourth-order valence-corrected chi connectivity index (χ4v) is 1.57. The van der Waals surface area contributed by atoms with Crippen molar-refractivity contribution in [2.75, 3.05) is 5.32 Å². The zero-order chi connectivity index (χ0) is 12.4. The van der Waals surface area contributed by atoms with Crippen molar-refractivity contribution in [1.29, 1.82) is 0 Å². The molecule has 0 aliphatic heterocycles. The summed E-state index contributed by atoms with van der Waals surface area (Å²) in [6.07, 6.45) is 0. The first-order chi connectivity index (χ1) is 8.06. The largest absolute Gasteiger partial charge is 0.448 e. The van der Waals surface area contributed by atoms with Gasteiger partial charge in [0, 0.05) is 6.07 Å². The molecule has 0 aliphatic rings. The Morgan fingerprint density at radius 1 is 1.24 bits per heavy atom. The average molecular weight is 258 g/mol. The van der Waals surface area contributed by atoms with E-state index >= 15 is 0 Å². The number of hydrogen-bond acceptors (Lipinski definition) is 2. The second-order valence-corrected chi connectivity index (χ2v) is 4.01. The molecule has 1 aromatic heterocycles. The van der Waals surface area contributed by atoms with Crippen molar-refractivity contribution in [2.24, 2.45) is 0 Å². The summed E-state index contributed by atoms with van der Waals surface area (Å²) >= 11 is 5.59. The van der Waals surface area contributed by atoms with Crippen LogP contribution >= 0.6 is 11.6 Å². The number of hydrogen-bond donors (Lipinski definition) is 1. The smallest absolute Gasteiger partial charge is 0.193 e. The second-order valence-electron chi connectivity index (χ2n) is 3.64. The minimum atomic E-state index is -0.499. The monoisotopic (exact) mass is 257 g/mol. The van der Waals surface area contributed by atoms with E-state index in [9.17, 15) is 8.78 Å². The molecule has 1 N–H and O–H groups in total. The third kappa shape index (κ3) is 2.77. The van der Waals surface area contributed by atoms with Gasteiger partial charge in [-0.05, 0) is 42.3 Å². The Balaban J connectivity index is 2.11. The number of nitrogens with one attached hydrogen (secondary N) is 1. The summed E-state index contributed by atoms with van der Waals surface area (Å²) in [4.78, 5) is 0.